The molecular formula is C7H7N5O. The minimum atomic E-state index is -0.174. The molecular weight excluding hydrogens is 170 g/mol. The molecule has 0 radical (unpaired) electrons. The van der Waals surface area contributed by atoms with Crippen LogP contribution in [0.2, 0.25) is 0 Å². The van der Waals surface area contributed by atoms with E-state index in [1.165, 1.54) is 13.3 Å². The first-order valence-electron chi connectivity index (χ1n) is 3.69. The molecule has 0 saturated carbocycles. The van der Waals surface area contributed by atoms with E-state index in [0.717, 1.165) is 0 Å². The summed E-state index contributed by atoms with van der Waals surface area (Å²) in [6.45, 7) is 1.42. The maximum Gasteiger partial charge on any atom is 0.223 e. The highest BCUT2D eigenvalue weighted by Gasteiger charge is 2.03. The number of nitrogens with one attached hydrogen (secondary N) is 2. The number of hydrogen-bond donors (Lipinski definition) is 2. The molecule has 0 aliphatic heterocycles. The molecule has 2 N–H and O–H groups in total. The standard InChI is InChI=1S/C7H7N5O/c1-4(13)10-7-11-5-2-8-3-9-6(5)12-7/h2-3H,1H3,(H2,8,9,10,11,12,13). The van der Waals surface area contributed by atoms with Crippen LogP contribution in [-0.4, -0.2) is 25.8 Å². The van der Waals surface area contributed by atoms with Gasteiger partial charge < -0.3 is 4.98 Å². The zero-order valence-corrected chi connectivity index (χ0v) is 6.90. The van der Waals surface area contributed by atoms with Crippen molar-refractivity contribution < 1.29 is 4.79 Å². The number of aromatic amines is 1. The second-order valence-corrected chi connectivity index (χ2v) is 2.53. The quantitative estimate of drug-likeness (QED) is 0.656. The fourth-order valence-electron chi connectivity index (χ4n) is 0.988. The lowest BCUT2D eigenvalue weighted by atomic mass is 10.6. The Balaban J connectivity index is 2.44. The highest BCUT2D eigenvalue weighted by atomic mass is 16.1. The number of amides is 1. The molecule has 0 spiro atoms. The van der Waals surface area contributed by atoms with Crippen LogP contribution in [0.3, 0.4) is 0 Å². The smallest absolute Gasteiger partial charge is 0.223 e. The average molecular weight is 177 g/mol. The monoisotopic (exact) mass is 177 g/mol. The number of rotatable bonds is 1. The van der Waals surface area contributed by atoms with E-state index in [4.69, 9.17) is 0 Å². The van der Waals surface area contributed by atoms with Gasteiger partial charge in [-0.05, 0) is 0 Å². The first-order valence-corrected chi connectivity index (χ1v) is 3.69. The number of nitrogens with zero attached hydrogens (tertiary/aromatic N) is 3. The normalized spacial score (nSPS) is 10.2. The predicted molar refractivity (Wildman–Crippen MR) is 46.0 cm³/mol. The first-order chi connectivity index (χ1) is 6.25. The van der Waals surface area contributed by atoms with Crippen LogP contribution in [0.4, 0.5) is 5.95 Å². The summed E-state index contributed by atoms with van der Waals surface area (Å²) >= 11 is 0. The summed E-state index contributed by atoms with van der Waals surface area (Å²) in [7, 11) is 0. The lowest BCUT2D eigenvalue weighted by Gasteiger charge is -1.92. The molecule has 0 unspecified atom stereocenters. The molecule has 0 aliphatic carbocycles. The largest absolute Gasteiger partial charge is 0.321 e. The van der Waals surface area contributed by atoms with E-state index in [-0.39, 0.29) is 5.91 Å². The van der Waals surface area contributed by atoms with Crippen molar-refractivity contribution in [2.45, 2.75) is 6.92 Å². The molecule has 6 heteroatoms. The van der Waals surface area contributed by atoms with Crippen molar-refractivity contribution in [3.8, 4) is 0 Å². The summed E-state index contributed by atoms with van der Waals surface area (Å²) in [5.41, 5.74) is 1.24. The van der Waals surface area contributed by atoms with Crippen LogP contribution in [0.25, 0.3) is 11.2 Å². The fourth-order valence-corrected chi connectivity index (χ4v) is 0.988. The van der Waals surface area contributed by atoms with Crippen LogP contribution in [0, 0.1) is 0 Å². The zero-order valence-electron chi connectivity index (χ0n) is 6.90. The molecule has 0 bridgehead atoms. The third-order valence-electron chi connectivity index (χ3n) is 1.46. The van der Waals surface area contributed by atoms with E-state index in [9.17, 15) is 4.79 Å². The van der Waals surface area contributed by atoms with E-state index in [2.05, 4.69) is 25.3 Å². The Morgan fingerprint density at radius 2 is 2.46 bits per heavy atom. The molecule has 2 aromatic rings. The lowest BCUT2D eigenvalue weighted by molar-refractivity contribution is -0.114. The van der Waals surface area contributed by atoms with Crippen LogP contribution in [0.5, 0.6) is 0 Å². The molecule has 2 rings (SSSR count). The van der Waals surface area contributed by atoms with Crippen molar-refractivity contribution in [2.24, 2.45) is 0 Å². The summed E-state index contributed by atoms with van der Waals surface area (Å²) in [5.74, 6) is 0.218. The van der Waals surface area contributed by atoms with Crippen LogP contribution in [0.1, 0.15) is 6.92 Å². The Bertz CT molecular complexity index is 416. The second-order valence-electron chi connectivity index (χ2n) is 2.53. The Morgan fingerprint density at radius 1 is 1.62 bits per heavy atom. The number of aromatic nitrogens is 4. The Labute approximate surface area is 73.4 Å². The molecule has 13 heavy (non-hydrogen) atoms. The van der Waals surface area contributed by atoms with Crippen LogP contribution < -0.4 is 5.32 Å². The lowest BCUT2D eigenvalue weighted by Crippen LogP contribution is -2.06. The van der Waals surface area contributed by atoms with E-state index in [1.54, 1.807) is 6.20 Å². The van der Waals surface area contributed by atoms with E-state index < -0.39 is 0 Å². The van der Waals surface area contributed by atoms with Crippen LogP contribution >= 0.6 is 0 Å². The Morgan fingerprint density at radius 3 is 3.15 bits per heavy atom. The number of fused-ring (bicyclic) bond motifs is 1. The number of carbonyl (C=O) groups is 1. The van der Waals surface area contributed by atoms with Gasteiger partial charge in [0.2, 0.25) is 11.9 Å². The predicted octanol–water partition coefficient (Wildman–Crippen LogP) is 0.311. The molecule has 0 fully saturated rings. The van der Waals surface area contributed by atoms with Gasteiger partial charge in [0.05, 0.1) is 6.20 Å². The summed E-state index contributed by atoms with van der Waals surface area (Å²) in [5, 5.41) is 2.52. The minimum absolute atomic E-state index is 0.174. The maximum atomic E-state index is 10.7. The molecule has 0 aromatic carbocycles. The SMILES string of the molecule is CC(=O)Nc1nc2ncncc2[nH]1. The molecule has 2 aromatic heterocycles. The summed E-state index contributed by atoms with van der Waals surface area (Å²) < 4.78 is 0. The van der Waals surface area contributed by atoms with Gasteiger partial charge in [-0.25, -0.2) is 9.97 Å². The highest BCUT2D eigenvalue weighted by Crippen LogP contribution is 2.08. The van der Waals surface area contributed by atoms with Crippen LogP contribution in [-0.2, 0) is 4.79 Å². The van der Waals surface area contributed by atoms with Crippen molar-refractivity contribution in [1.82, 2.24) is 19.9 Å². The number of hydrogen-bond acceptors (Lipinski definition) is 4. The Hall–Kier alpha value is -1.98. The van der Waals surface area contributed by atoms with Gasteiger partial charge in [0, 0.05) is 6.92 Å². The van der Waals surface area contributed by atoms with Gasteiger partial charge in [0.15, 0.2) is 5.65 Å². The van der Waals surface area contributed by atoms with Crippen molar-refractivity contribution in [3.05, 3.63) is 12.5 Å². The first kappa shape index (κ1) is 7.66. The van der Waals surface area contributed by atoms with Crippen molar-refractivity contribution in [1.29, 1.82) is 0 Å². The molecule has 0 atom stereocenters. The van der Waals surface area contributed by atoms with Gasteiger partial charge in [-0.1, -0.05) is 0 Å². The molecule has 0 aliphatic rings. The fraction of sp³-hybridized carbons (Fsp3) is 0.143. The van der Waals surface area contributed by atoms with E-state index in [0.29, 0.717) is 17.1 Å². The summed E-state index contributed by atoms with van der Waals surface area (Å²) in [6, 6.07) is 0. The Kier molecular flexibility index (Phi) is 1.66. The van der Waals surface area contributed by atoms with Gasteiger partial charge in [0.1, 0.15) is 11.8 Å². The van der Waals surface area contributed by atoms with Crippen molar-refractivity contribution in [2.75, 3.05) is 5.32 Å². The molecule has 1 amide bonds. The third kappa shape index (κ3) is 1.46. The molecule has 2 heterocycles. The van der Waals surface area contributed by atoms with E-state index >= 15 is 0 Å². The zero-order chi connectivity index (χ0) is 9.26. The van der Waals surface area contributed by atoms with Crippen molar-refractivity contribution in [3.63, 3.8) is 0 Å². The van der Waals surface area contributed by atoms with Gasteiger partial charge >= 0.3 is 0 Å². The van der Waals surface area contributed by atoms with Crippen molar-refractivity contribution >= 4 is 23.0 Å². The minimum Gasteiger partial charge on any atom is -0.321 e. The van der Waals surface area contributed by atoms with Gasteiger partial charge in [-0.2, -0.15) is 4.98 Å². The third-order valence-corrected chi connectivity index (χ3v) is 1.46. The van der Waals surface area contributed by atoms with Gasteiger partial charge in [-0.3, -0.25) is 10.1 Å². The summed E-state index contributed by atoms with van der Waals surface area (Å²) in [4.78, 5) is 25.3. The highest BCUT2D eigenvalue weighted by molar-refractivity contribution is 5.88. The maximum absolute atomic E-state index is 10.7. The molecule has 66 valence electrons. The number of H-pyrrole nitrogens is 1. The number of imidazole rings is 1. The second kappa shape index (κ2) is 2.81. The van der Waals surface area contributed by atoms with E-state index in [1.807, 2.05) is 0 Å². The number of carbonyl (C=O) groups excluding carboxylic acids is 1. The van der Waals surface area contributed by atoms with Crippen LogP contribution in [0.15, 0.2) is 12.5 Å². The molecule has 6 nitrogen and oxygen atoms in total. The summed E-state index contributed by atoms with van der Waals surface area (Å²) in [6.07, 6.45) is 3.00. The van der Waals surface area contributed by atoms with Gasteiger partial charge in [-0.15, -0.1) is 0 Å². The molecule has 0 saturated heterocycles. The number of anilines is 1. The average Bonchev–Trinajstić information content (AvgIpc) is 2.44. The van der Waals surface area contributed by atoms with Gasteiger partial charge in [0.25, 0.3) is 0 Å². The topological polar surface area (TPSA) is 83.6 Å².